The van der Waals surface area contributed by atoms with Crippen LogP contribution in [0.5, 0.6) is 11.5 Å². The average molecular weight is 391 g/mol. The molecule has 0 saturated carbocycles. The van der Waals surface area contributed by atoms with Crippen molar-refractivity contribution in [3.63, 3.8) is 0 Å². The third-order valence-electron chi connectivity index (χ3n) is 5.80. The number of piperidine rings is 1. The zero-order valence-electron chi connectivity index (χ0n) is 17.5. The van der Waals surface area contributed by atoms with E-state index in [1.54, 1.807) is 0 Å². The summed E-state index contributed by atoms with van der Waals surface area (Å²) in [4.78, 5) is 15.0. The van der Waals surface area contributed by atoms with Crippen molar-refractivity contribution in [1.82, 2.24) is 10.2 Å². The van der Waals surface area contributed by atoms with E-state index in [9.17, 15) is 9.90 Å². The van der Waals surface area contributed by atoms with E-state index < -0.39 is 0 Å². The molecule has 2 aliphatic rings. The van der Waals surface area contributed by atoms with Gasteiger partial charge in [0.1, 0.15) is 0 Å². The topological polar surface area (TPSA) is 71.0 Å². The Kier molecular flexibility index (Phi) is 6.83. The largest absolute Gasteiger partial charge is 0.490 e. The maximum Gasteiger partial charge on any atom is 0.234 e. The van der Waals surface area contributed by atoms with E-state index in [2.05, 4.69) is 37.9 Å². The number of aliphatic hydroxyl groups is 1. The average Bonchev–Trinajstić information content (AvgIpc) is 2.87. The number of hydrogen-bond acceptors (Lipinski definition) is 5. The Labute approximate surface area is 168 Å². The van der Waals surface area contributed by atoms with Crippen LogP contribution < -0.4 is 14.8 Å². The minimum absolute atomic E-state index is 0.0147. The molecule has 0 aliphatic carbocycles. The third-order valence-corrected chi connectivity index (χ3v) is 5.80. The Morgan fingerprint density at radius 2 is 1.82 bits per heavy atom. The molecule has 1 saturated heterocycles. The number of likely N-dealkylation sites (tertiary alicyclic amines) is 1. The summed E-state index contributed by atoms with van der Waals surface area (Å²) in [6.07, 6.45) is 2.03. The standard InChI is InChI=1S/C22H34N2O4/c1-14(2)22(17-6-7-19-20(12-17)28-9-5-8-27-19)23-21(26)13-24-15(3)10-18(25)11-16(24)4/h6-7,12,14-16,18,22,25H,5,8-11,13H2,1-4H3,(H,23,26)/t15-,16-,22-/m0/s1. The van der Waals surface area contributed by atoms with Gasteiger partial charge in [0.15, 0.2) is 11.5 Å². The van der Waals surface area contributed by atoms with E-state index in [1.165, 1.54) is 0 Å². The van der Waals surface area contributed by atoms with Crippen molar-refractivity contribution in [3.8, 4) is 11.5 Å². The van der Waals surface area contributed by atoms with E-state index in [0.29, 0.717) is 32.6 Å². The summed E-state index contributed by atoms with van der Waals surface area (Å²) in [5.74, 6) is 1.78. The monoisotopic (exact) mass is 390 g/mol. The maximum atomic E-state index is 12.8. The molecule has 0 radical (unpaired) electrons. The lowest BCUT2D eigenvalue weighted by molar-refractivity contribution is -0.125. The number of benzene rings is 1. The Bertz CT molecular complexity index is 667. The minimum atomic E-state index is -0.269. The summed E-state index contributed by atoms with van der Waals surface area (Å²) in [6, 6.07) is 6.24. The molecule has 156 valence electrons. The number of aliphatic hydroxyl groups excluding tert-OH is 1. The number of amides is 1. The molecule has 0 spiro atoms. The van der Waals surface area contributed by atoms with E-state index >= 15 is 0 Å². The molecule has 0 bridgehead atoms. The number of carbonyl (C=O) groups excluding carboxylic acids is 1. The van der Waals surface area contributed by atoms with Gasteiger partial charge in [-0.3, -0.25) is 9.69 Å². The normalized spacial score (nSPS) is 26.6. The Balaban J connectivity index is 1.69. The zero-order valence-corrected chi connectivity index (χ0v) is 17.5. The molecule has 2 N–H and O–H groups in total. The van der Waals surface area contributed by atoms with Crippen LogP contribution in [0.15, 0.2) is 18.2 Å². The van der Waals surface area contributed by atoms with Crippen molar-refractivity contribution in [2.75, 3.05) is 19.8 Å². The number of fused-ring (bicyclic) bond motifs is 1. The van der Waals surface area contributed by atoms with Crippen molar-refractivity contribution in [3.05, 3.63) is 23.8 Å². The molecule has 2 aliphatic heterocycles. The number of hydrogen-bond donors (Lipinski definition) is 2. The predicted octanol–water partition coefficient (Wildman–Crippen LogP) is 2.89. The van der Waals surface area contributed by atoms with E-state index in [0.717, 1.165) is 23.5 Å². The van der Waals surface area contributed by atoms with E-state index in [1.807, 2.05) is 18.2 Å². The molecule has 0 aromatic heterocycles. The number of nitrogens with zero attached hydrogens (tertiary/aromatic N) is 1. The fourth-order valence-corrected chi connectivity index (χ4v) is 4.29. The second-order valence-corrected chi connectivity index (χ2v) is 8.54. The summed E-state index contributed by atoms with van der Waals surface area (Å²) in [7, 11) is 0. The molecule has 6 nitrogen and oxygen atoms in total. The van der Waals surface area contributed by atoms with Crippen molar-refractivity contribution < 1.29 is 19.4 Å². The highest BCUT2D eigenvalue weighted by molar-refractivity contribution is 5.78. The lowest BCUT2D eigenvalue weighted by atomic mass is 9.94. The molecule has 0 unspecified atom stereocenters. The molecule has 1 aromatic rings. The molecule has 28 heavy (non-hydrogen) atoms. The molecule has 6 heteroatoms. The van der Waals surface area contributed by atoms with Gasteiger partial charge >= 0.3 is 0 Å². The first-order valence-corrected chi connectivity index (χ1v) is 10.5. The molecule has 1 fully saturated rings. The van der Waals surface area contributed by atoms with Gasteiger partial charge in [-0.05, 0) is 50.3 Å². The number of ether oxygens (including phenoxy) is 2. The smallest absolute Gasteiger partial charge is 0.234 e. The SMILES string of the molecule is CC(C)[C@H](NC(=O)CN1[C@@H](C)CC(O)C[C@@H]1C)c1ccc2c(c1)OCCCO2. The van der Waals surface area contributed by atoms with Crippen LogP contribution in [0, 0.1) is 5.92 Å². The molecule has 3 atom stereocenters. The Morgan fingerprint density at radius 1 is 1.18 bits per heavy atom. The van der Waals surface area contributed by atoms with Crippen LogP contribution >= 0.6 is 0 Å². The third kappa shape index (κ3) is 4.97. The highest BCUT2D eigenvalue weighted by Crippen LogP contribution is 2.34. The van der Waals surface area contributed by atoms with Crippen molar-refractivity contribution >= 4 is 5.91 Å². The van der Waals surface area contributed by atoms with Crippen LogP contribution in [-0.4, -0.2) is 53.9 Å². The van der Waals surface area contributed by atoms with Crippen LogP contribution in [0.2, 0.25) is 0 Å². The van der Waals surface area contributed by atoms with E-state index in [-0.39, 0.29) is 36.1 Å². The molecule has 2 heterocycles. The number of rotatable bonds is 5. The number of carbonyl (C=O) groups is 1. The Hall–Kier alpha value is -1.79. The van der Waals surface area contributed by atoms with Crippen LogP contribution in [0.3, 0.4) is 0 Å². The molecule has 1 aromatic carbocycles. The van der Waals surface area contributed by atoms with Gasteiger partial charge in [-0.1, -0.05) is 19.9 Å². The molecular weight excluding hydrogens is 356 g/mol. The Morgan fingerprint density at radius 3 is 2.46 bits per heavy atom. The zero-order chi connectivity index (χ0) is 20.3. The van der Waals surface area contributed by atoms with Crippen molar-refractivity contribution in [2.45, 2.75) is 71.2 Å². The van der Waals surface area contributed by atoms with Gasteiger partial charge in [0, 0.05) is 18.5 Å². The fraction of sp³-hybridized carbons (Fsp3) is 0.682. The van der Waals surface area contributed by atoms with Crippen molar-refractivity contribution in [2.24, 2.45) is 5.92 Å². The predicted molar refractivity (Wildman–Crippen MR) is 109 cm³/mol. The van der Waals surface area contributed by atoms with Crippen LogP contribution in [0.1, 0.15) is 58.6 Å². The van der Waals surface area contributed by atoms with Gasteiger partial charge in [0.2, 0.25) is 5.91 Å². The maximum absolute atomic E-state index is 12.8. The van der Waals surface area contributed by atoms with Gasteiger partial charge in [-0.25, -0.2) is 0 Å². The lowest BCUT2D eigenvalue weighted by Crippen LogP contribution is -2.52. The minimum Gasteiger partial charge on any atom is -0.490 e. The van der Waals surface area contributed by atoms with Crippen LogP contribution in [0.25, 0.3) is 0 Å². The summed E-state index contributed by atoms with van der Waals surface area (Å²) in [5.41, 5.74) is 1.03. The summed E-state index contributed by atoms with van der Waals surface area (Å²) in [5, 5.41) is 13.2. The number of nitrogens with one attached hydrogen (secondary N) is 1. The van der Waals surface area contributed by atoms with Crippen molar-refractivity contribution in [1.29, 1.82) is 0 Å². The summed E-state index contributed by atoms with van der Waals surface area (Å²) < 4.78 is 11.5. The van der Waals surface area contributed by atoms with Gasteiger partial charge in [0.05, 0.1) is 31.9 Å². The summed E-state index contributed by atoms with van der Waals surface area (Å²) in [6.45, 7) is 10.0. The molecule has 1 amide bonds. The quantitative estimate of drug-likeness (QED) is 0.809. The molecule has 3 rings (SSSR count). The lowest BCUT2D eigenvalue weighted by Gasteiger charge is -2.40. The van der Waals surface area contributed by atoms with Crippen LogP contribution in [0.4, 0.5) is 0 Å². The fourth-order valence-electron chi connectivity index (χ4n) is 4.29. The van der Waals surface area contributed by atoms with E-state index in [4.69, 9.17) is 9.47 Å². The van der Waals surface area contributed by atoms with Crippen LogP contribution in [-0.2, 0) is 4.79 Å². The highest BCUT2D eigenvalue weighted by Gasteiger charge is 2.31. The first-order chi connectivity index (χ1) is 13.3. The second-order valence-electron chi connectivity index (χ2n) is 8.54. The van der Waals surface area contributed by atoms with Gasteiger partial charge in [-0.15, -0.1) is 0 Å². The van der Waals surface area contributed by atoms with Gasteiger partial charge < -0.3 is 19.9 Å². The molecular formula is C22H34N2O4. The van der Waals surface area contributed by atoms with Gasteiger partial charge in [0.25, 0.3) is 0 Å². The second kappa shape index (κ2) is 9.14. The first-order valence-electron chi connectivity index (χ1n) is 10.5. The first kappa shape index (κ1) is 20.9. The highest BCUT2D eigenvalue weighted by atomic mass is 16.5. The van der Waals surface area contributed by atoms with Gasteiger partial charge in [-0.2, -0.15) is 0 Å². The summed E-state index contributed by atoms with van der Waals surface area (Å²) >= 11 is 0.